The van der Waals surface area contributed by atoms with Crippen LogP contribution in [-0.2, 0) is 22.1 Å². The molecule has 3 aromatic carbocycles. The Morgan fingerprint density at radius 3 is 2.32 bits per heavy atom. The quantitative estimate of drug-likeness (QED) is 0.247. The second kappa shape index (κ2) is 9.75. The van der Waals surface area contributed by atoms with Crippen LogP contribution in [0.4, 0.5) is 5.82 Å². The van der Waals surface area contributed by atoms with Gasteiger partial charge in [-0.2, -0.15) is 8.42 Å². The number of nitrogens with zero attached hydrogens (tertiary/aromatic N) is 2. The first-order chi connectivity index (χ1) is 17.7. The van der Waals surface area contributed by atoms with Crippen molar-refractivity contribution in [2.45, 2.75) is 37.6 Å². The summed E-state index contributed by atoms with van der Waals surface area (Å²) in [7, 11) is -4.00. The maximum absolute atomic E-state index is 13.0. The van der Waals surface area contributed by atoms with E-state index in [1.54, 1.807) is 30.3 Å². The topological polar surface area (TPSA) is 72.7 Å². The van der Waals surface area contributed by atoms with Crippen molar-refractivity contribution < 1.29 is 12.6 Å². The van der Waals surface area contributed by atoms with Gasteiger partial charge in [0, 0.05) is 18.3 Å². The molecule has 0 spiro atoms. The SMILES string of the molecule is CC(C)(C)c1ccc(S(=O)(=O)Oc2cccc(-c3nc4ccccn4c3NCc3ccccc3)c2)cc1. The number of nitrogens with one attached hydrogen (secondary N) is 1. The first kappa shape index (κ1) is 24.6. The molecule has 0 atom stereocenters. The smallest absolute Gasteiger partial charge is 0.339 e. The summed E-state index contributed by atoms with van der Waals surface area (Å²) in [6.07, 6.45) is 1.95. The van der Waals surface area contributed by atoms with Gasteiger partial charge in [0.2, 0.25) is 0 Å². The number of imidazole rings is 1. The summed E-state index contributed by atoms with van der Waals surface area (Å²) in [4.78, 5) is 4.93. The van der Waals surface area contributed by atoms with E-state index in [4.69, 9.17) is 9.17 Å². The molecule has 0 aliphatic carbocycles. The zero-order valence-corrected chi connectivity index (χ0v) is 21.9. The van der Waals surface area contributed by atoms with Gasteiger partial charge in [-0.3, -0.25) is 4.40 Å². The maximum Gasteiger partial charge on any atom is 0.339 e. The Balaban J connectivity index is 1.45. The van der Waals surface area contributed by atoms with Gasteiger partial charge >= 0.3 is 10.1 Å². The monoisotopic (exact) mass is 511 g/mol. The number of anilines is 1. The Kier molecular flexibility index (Phi) is 6.48. The van der Waals surface area contributed by atoms with Crippen molar-refractivity contribution in [3.8, 4) is 17.0 Å². The second-order valence-electron chi connectivity index (χ2n) is 9.92. The van der Waals surface area contributed by atoms with Crippen LogP contribution in [0.5, 0.6) is 5.75 Å². The highest BCUT2D eigenvalue weighted by molar-refractivity contribution is 7.87. The summed E-state index contributed by atoms with van der Waals surface area (Å²) in [5, 5.41) is 3.50. The van der Waals surface area contributed by atoms with E-state index in [2.05, 4.69) is 38.2 Å². The highest BCUT2D eigenvalue weighted by Gasteiger charge is 2.20. The number of fused-ring (bicyclic) bond motifs is 1. The molecule has 0 unspecified atom stereocenters. The third kappa shape index (κ3) is 5.37. The van der Waals surface area contributed by atoms with Crippen molar-refractivity contribution in [2.75, 3.05) is 5.32 Å². The van der Waals surface area contributed by atoms with Gasteiger partial charge in [-0.1, -0.05) is 81.4 Å². The van der Waals surface area contributed by atoms with Crippen molar-refractivity contribution in [3.05, 3.63) is 114 Å². The highest BCUT2D eigenvalue weighted by atomic mass is 32.2. The second-order valence-corrected chi connectivity index (χ2v) is 11.5. The molecule has 0 bridgehead atoms. The van der Waals surface area contributed by atoms with E-state index in [1.807, 2.05) is 65.2 Å². The molecular weight excluding hydrogens is 482 g/mol. The summed E-state index contributed by atoms with van der Waals surface area (Å²) >= 11 is 0. The fourth-order valence-corrected chi connectivity index (χ4v) is 5.06. The standard InChI is InChI=1S/C30H29N3O3S/c1-30(2,3)24-15-17-26(18-16-24)37(34,35)36-25-13-9-12-23(20-25)28-29(31-21-22-10-5-4-6-11-22)33-19-8-7-14-27(33)32-28/h4-20,31H,21H2,1-3H3. The zero-order chi connectivity index (χ0) is 26.0. The van der Waals surface area contributed by atoms with Crippen LogP contribution in [0.3, 0.4) is 0 Å². The van der Waals surface area contributed by atoms with E-state index >= 15 is 0 Å². The molecule has 0 saturated carbocycles. The molecular formula is C30H29N3O3S. The van der Waals surface area contributed by atoms with Gasteiger partial charge in [0.25, 0.3) is 0 Å². The number of pyridine rings is 1. The maximum atomic E-state index is 13.0. The van der Waals surface area contributed by atoms with Crippen LogP contribution in [0.2, 0.25) is 0 Å². The van der Waals surface area contributed by atoms with Gasteiger partial charge in [0.05, 0.1) is 0 Å². The first-order valence-electron chi connectivity index (χ1n) is 12.1. The van der Waals surface area contributed by atoms with Gasteiger partial charge in [0.1, 0.15) is 27.8 Å². The van der Waals surface area contributed by atoms with E-state index in [9.17, 15) is 8.42 Å². The van der Waals surface area contributed by atoms with E-state index in [1.165, 1.54) is 0 Å². The molecule has 188 valence electrons. The van der Waals surface area contributed by atoms with Gasteiger partial charge in [-0.25, -0.2) is 4.98 Å². The molecule has 2 heterocycles. The Bertz CT molecular complexity index is 1640. The van der Waals surface area contributed by atoms with Crippen LogP contribution in [0.25, 0.3) is 16.9 Å². The lowest BCUT2D eigenvalue weighted by atomic mass is 9.87. The number of benzene rings is 3. The summed E-state index contributed by atoms with van der Waals surface area (Å²) in [5.74, 6) is 1.04. The van der Waals surface area contributed by atoms with Gasteiger partial charge < -0.3 is 9.50 Å². The van der Waals surface area contributed by atoms with Crippen LogP contribution >= 0.6 is 0 Å². The Labute approximate surface area is 217 Å². The third-order valence-corrected chi connectivity index (χ3v) is 7.42. The average molecular weight is 512 g/mol. The normalized spacial score (nSPS) is 12.0. The molecule has 2 aromatic heterocycles. The molecule has 7 heteroatoms. The minimum Gasteiger partial charge on any atom is -0.379 e. The molecule has 5 aromatic rings. The molecule has 0 aliphatic rings. The molecule has 1 N–H and O–H groups in total. The molecule has 0 aliphatic heterocycles. The van der Waals surface area contributed by atoms with Gasteiger partial charge in [0.15, 0.2) is 0 Å². The van der Waals surface area contributed by atoms with Gasteiger partial charge in [-0.15, -0.1) is 0 Å². The lowest BCUT2D eigenvalue weighted by Gasteiger charge is -2.19. The molecule has 0 fully saturated rings. The first-order valence-corrected chi connectivity index (χ1v) is 13.5. The fourth-order valence-electron chi connectivity index (χ4n) is 4.14. The summed E-state index contributed by atoms with van der Waals surface area (Å²) in [6.45, 7) is 6.87. The van der Waals surface area contributed by atoms with Crippen molar-refractivity contribution >= 4 is 21.6 Å². The third-order valence-electron chi connectivity index (χ3n) is 6.16. The van der Waals surface area contributed by atoms with Crippen LogP contribution in [0.15, 0.2) is 108 Å². The molecule has 5 rings (SSSR count). The van der Waals surface area contributed by atoms with Crippen LogP contribution in [0.1, 0.15) is 31.9 Å². The largest absolute Gasteiger partial charge is 0.379 e. The molecule has 0 amide bonds. The minimum absolute atomic E-state index is 0.0716. The zero-order valence-electron chi connectivity index (χ0n) is 21.0. The lowest BCUT2D eigenvalue weighted by Crippen LogP contribution is -2.13. The van der Waals surface area contributed by atoms with Crippen molar-refractivity contribution in [3.63, 3.8) is 0 Å². The fraction of sp³-hybridized carbons (Fsp3) is 0.167. The minimum atomic E-state index is -4.00. The van der Waals surface area contributed by atoms with E-state index in [-0.39, 0.29) is 16.1 Å². The summed E-state index contributed by atoms with van der Waals surface area (Å²) < 4.78 is 33.6. The van der Waals surface area contributed by atoms with Crippen molar-refractivity contribution in [1.82, 2.24) is 9.38 Å². The molecule has 0 saturated heterocycles. The van der Waals surface area contributed by atoms with E-state index < -0.39 is 10.1 Å². The predicted octanol–water partition coefficient (Wildman–Crippen LogP) is 6.68. The average Bonchev–Trinajstić information content (AvgIpc) is 3.26. The molecule has 37 heavy (non-hydrogen) atoms. The lowest BCUT2D eigenvalue weighted by molar-refractivity contribution is 0.486. The Morgan fingerprint density at radius 1 is 0.865 bits per heavy atom. The van der Waals surface area contributed by atoms with E-state index in [0.717, 1.165) is 28.2 Å². The van der Waals surface area contributed by atoms with Crippen molar-refractivity contribution in [2.24, 2.45) is 0 Å². The predicted molar refractivity (Wildman–Crippen MR) is 147 cm³/mol. The summed E-state index contributed by atoms with van der Waals surface area (Å²) in [5.41, 5.74) is 4.36. The van der Waals surface area contributed by atoms with Crippen LogP contribution in [-0.4, -0.2) is 17.8 Å². The summed E-state index contributed by atoms with van der Waals surface area (Å²) in [6, 6.07) is 29.8. The van der Waals surface area contributed by atoms with E-state index in [0.29, 0.717) is 12.2 Å². The highest BCUT2D eigenvalue weighted by Crippen LogP contribution is 2.32. The Morgan fingerprint density at radius 2 is 1.59 bits per heavy atom. The molecule has 0 radical (unpaired) electrons. The number of rotatable bonds is 7. The van der Waals surface area contributed by atoms with Crippen LogP contribution < -0.4 is 9.50 Å². The number of hydrogen-bond donors (Lipinski definition) is 1. The van der Waals surface area contributed by atoms with Crippen molar-refractivity contribution in [1.29, 1.82) is 0 Å². The number of aromatic nitrogens is 2. The van der Waals surface area contributed by atoms with Crippen LogP contribution in [0, 0.1) is 0 Å². The Hall–Kier alpha value is -4.10. The number of hydrogen-bond acceptors (Lipinski definition) is 5. The van der Waals surface area contributed by atoms with Gasteiger partial charge in [-0.05, 0) is 52.9 Å². The molecule has 6 nitrogen and oxygen atoms in total.